The number of hydrogen-bond donors (Lipinski definition) is 6. The molecule has 0 bridgehead atoms. The molecular weight excluding hydrogens is 852 g/mol. The quantitative estimate of drug-likeness (QED) is 0.0149. The van der Waals surface area contributed by atoms with Gasteiger partial charge in [0.2, 0.25) is 0 Å². The lowest BCUT2D eigenvalue weighted by Gasteiger charge is -2.41. The second-order valence-corrected chi connectivity index (χ2v) is 17.3. The minimum absolute atomic E-state index is 0.0298. The Hall–Kier alpha value is -3.49. The van der Waals surface area contributed by atoms with Gasteiger partial charge in [0.05, 0.1) is 6.61 Å². The van der Waals surface area contributed by atoms with E-state index in [1.807, 2.05) is 18.2 Å². The zero-order chi connectivity index (χ0) is 47.8. The number of carbonyl (C=O) groups is 2. The van der Waals surface area contributed by atoms with Crippen LogP contribution < -0.4 is 0 Å². The van der Waals surface area contributed by atoms with Crippen molar-refractivity contribution in [2.45, 2.75) is 185 Å². The molecule has 0 aromatic heterocycles. The maximum absolute atomic E-state index is 12.8. The van der Waals surface area contributed by atoms with Gasteiger partial charge in [-0.3, -0.25) is 18.6 Å². The molecular formula is C51H81O13P. The molecule has 6 unspecified atom stereocenters. The molecule has 0 radical (unpaired) electrons. The van der Waals surface area contributed by atoms with Gasteiger partial charge in [-0.1, -0.05) is 149 Å². The molecule has 14 heteroatoms. The molecule has 0 aliphatic heterocycles. The summed E-state index contributed by atoms with van der Waals surface area (Å²) in [6.45, 7) is 3.06. The van der Waals surface area contributed by atoms with Crippen LogP contribution in [0.25, 0.3) is 0 Å². The summed E-state index contributed by atoms with van der Waals surface area (Å²) in [7, 11) is -5.15. The Labute approximate surface area is 389 Å². The predicted molar refractivity (Wildman–Crippen MR) is 257 cm³/mol. The molecule has 1 aliphatic carbocycles. The molecule has 1 fully saturated rings. The predicted octanol–water partition coefficient (Wildman–Crippen LogP) is 9.61. The fourth-order valence-corrected chi connectivity index (χ4v) is 7.29. The van der Waals surface area contributed by atoms with Crippen LogP contribution >= 0.6 is 7.82 Å². The Bertz CT molecular complexity index is 1550. The van der Waals surface area contributed by atoms with Crippen LogP contribution in [0.2, 0.25) is 0 Å². The number of phosphoric ester groups is 1. The van der Waals surface area contributed by atoms with E-state index in [4.69, 9.17) is 18.5 Å². The number of phosphoric acid groups is 1. The first kappa shape index (κ1) is 59.5. The summed E-state index contributed by atoms with van der Waals surface area (Å²) in [4.78, 5) is 35.7. The van der Waals surface area contributed by atoms with Crippen molar-refractivity contribution in [3.63, 3.8) is 0 Å². The third kappa shape index (κ3) is 32.0. The zero-order valence-electron chi connectivity index (χ0n) is 39.0. The van der Waals surface area contributed by atoms with E-state index in [9.17, 15) is 44.6 Å². The van der Waals surface area contributed by atoms with Crippen LogP contribution in [-0.4, -0.2) is 98.3 Å². The summed E-state index contributed by atoms with van der Waals surface area (Å²) in [6.07, 6.45) is 41.5. The van der Waals surface area contributed by atoms with Crippen LogP contribution in [0.1, 0.15) is 142 Å². The van der Waals surface area contributed by atoms with Crippen molar-refractivity contribution in [3.8, 4) is 0 Å². The average molecular weight is 933 g/mol. The van der Waals surface area contributed by atoms with Crippen LogP contribution in [-0.2, 0) is 32.7 Å². The van der Waals surface area contributed by atoms with Crippen molar-refractivity contribution in [3.05, 3.63) is 109 Å². The molecule has 6 N–H and O–H groups in total. The van der Waals surface area contributed by atoms with E-state index in [0.717, 1.165) is 77.0 Å². The molecule has 0 spiro atoms. The molecule has 0 aromatic carbocycles. The minimum atomic E-state index is -5.15. The summed E-state index contributed by atoms with van der Waals surface area (Å²) < 4.78 is 33.4. The van der Waals surface area contributed by atoms with Crippen LogP contribution in [0.3, 0.4) is 0 Å². The van der Waals surface area contributed by atoms with Gasteiger partial charge in [0.1, 0.15) is 43.2 Å². The van der Waals surface area contributed by atoms with Gasteiger partial charge in [0.25, 0.3) is 0 Å². The first-order valence-corrected chi connectivity index (χ1v) is 25.2. The Morgan fingerprint density at radius 3 is 1.38 bits per heavy atom. The number of unbranched alkanes of at least 4 members (excludes halogenated alkanes) is 7. The number of allylic oxidation sites excluding steroid dienone is 18. The molecule has 0 aromatic rings. The number of carbonyl (C=O) groups excluding carboxylic acids is 2. The van der Waals surface area contributed by atoms with Crippen molar-refractivity contribution in [2.75, 3.05) is 13.2 Å². The molecule has 8 atom stereocenters. The van der Waals surface area contributed by atoms with E-state index in [0.29, 0.717) is 19.3 Å². The lowest BCUT2D eigenvalue weighted by Crippen LogP contribution is -2.64. The maximum Gasteiger partial charge on any atom is 0.472 e. The summed E-state index contributed by atoms with van der Waals surface area (Å²) in [5.74, 6) is -1.23. The maximum atomic E-state index is 12.8. The topological polar surface area (TPSA) is 210 Å². The van der Waals surface area contributed by atoms with Crippen molar-refractivity contribution >= 4 is 19.8 Å². The zero-order valence-corrected chi connectivity index (χ0v) is 39.9. The molecule has 1 rings (SSSR count). The number of esters is 2. The molecule has 13 nitrogen and oxygen atoms in total. The van der Waals surface area contributed by atoms with Gasteiger partial charge in [-0.05, 0) is 89.9 Å². The Morgan fingerprint density at radius 2 is 0.908 bits per heavy atom. The lowest BCUT2D eigenvalue weighted by molar-refractivity contribution is -0.220. The van der Waals surface area contributed by atoms with Gasteiger partial charge in [0, 0.05) is 12.8 Å². The van der Waals surface area contributed by atoms with Crippen molar-refractivity contribution in [2.24, 2.45) is 0 Å². The fourth-order valence-electron chi connectivity index (χ4n) is 6.32. The monoisotopic (exact) mass is 933 g/mol. The van der Waals surface area contributed by atoms with E-state index < -0.39 is 75.7 Å². The van der Waals surface area contributed by atoms with Crippen molar-refractivity contribution in [1.29, 1.82) is 0 Å². The van der Waals surface area contributed by atoms with Gasteiger partial charge in [-0.25, -0.2) is 4.57 Å². The first-order chi connectivity index (χ1) is 31.4. The third-order valence-electron chi connectivity index (χ3n) is 10.1. The molecule has 1 saturated carbocycles. The Kier molecular flexibility index (Phi) is 36.3. The van der Waals surface area contributed by atoms with Gasteiger partial charge in [0.15, 0.2) is 6.10 Å². The van der Waals surface area contributed by atoms with E-state index in [2.05, 4.69) is 105 Å². The Morgan fingerprint density at radius 1 is 0.492 bits per heavy atom. The van der Waals surface area contributed by atoms with Gasteiger partial charge >= 0.3 is 19.8 Å². The van der Waals surface area contributed by atoms with Gasteiger partial charge in [-0.2, -0.15) is 0 Å². The molecule has 65 heavy (non-hydrogen) atoms. The number of hydrogen-bond acceptors (Lipinski definition) is 12. The first-order valence-electron chi connectivity index (χ1n) is 23.7. The highest BCUT2D eigenvalue weighted by Crippen LogP contribution is 2.47. The smallest absolute Gasteiger partial charge is 0.462 e. The summed E-state index contributed by atoms with van der Waals surface area (Å²) >= 11 is 0. The third-order valence-corrected chi connectivity index (χ3v) is 11.1. The summed E-state index contributed by atoms with van der Waals surface area (Å²) in [5, 5.41) is 50.2. The second-order valence-electron chi connectivity index (χ2n) is 15.9. The fraction of sp³-hybridized carbons (Fsp3) is 0.608. The standard InChI is InChI=1S/C51H81O13P/c1-3-5-7-9-11-13-15-17-19-21-22-24-25-27-29-31-33-35-37-39-44(52)61-41-43(42-62-65(59,60)64-51-49(57)47(55)46(54)48(56)50(51)58)63-45(53)40-38-36-34-32-30-28-26-23-20-18-16-14-12-10-8-6-4-2/h5,7,11-14,17-20,22,24,26-29,33,35,43,46-51,54-58H,3-4,6,8-10,15-16,21,23,25,30-32,34,36-42H2,1-2H3,(H,59,60)/b7-5+,13-11+,14-12+,19-17+,20-18+,24-22+,28-26+,29-27+,35-33+/t43-,46?,47-,48?,49?,50?,51?/m0/s1. The average Bonchev–Trinajstić information content (AvgIpc) is 3.29. The molecule has 0 amide bonds. The number of aliphatic hydroxyl groups excluding tert-OH is 5. The van der Waals surface area contributed by atoms with Crippen molar-refractivity contribution < 1.29 is 63.1 Å². The number of rotatable bonds is 37. The van der Waals surface area contributed by atoms with Crippen LogP contribution in [0, 0.1) is 0 Å². The molecule has 1 aliphatic rings. The van der Waals surface area contributed by atoms with Crippen LogP contribution in [0.15, 0.2) is 109 Å². The molecule has 368 valence electrons. The minimum Gasteiger partial charge on any atom is -0.462 e. The van der Waals surface area contributed by atoms with Crippen LogP contribution in [0.4, 0.5) is 0 Å². The highest BCUT2D eigenvalue weighted by molar-refractivity contribution is 7.47. The Balaban J connectivity index is 2.53. The summed E-state index contributed by atoms with van der Waals surface area (Å²) in [5.41, 5.74) is 0. The largest absolute Gasteiger partial charge is 0.472 e. The second kappa shape index (κ2) is 39.7. The van der Waals surface area contributed by atoms with E-state index in [-0.39, 0.29) is 12.8 Å². The number of aliphatic hydroxyl groups is 5. The SMILES string of the molecule is CC/C=C/C/C=C/C/C=C/C/C=C/C/C=C/C/C=C/CCC(=O)OC[C@@H](COP(=O)(O)OC1C(O)C(O)C(O)[C@H](O)C1O)OC(=O)CCCCCC/C=C/C/C=C/C/C=C/CCCCC. The van der Waals surface area contributed by atoms with Gasteiger partial charge < -0.3 is 39.9 Å². The normalized spacial score (nSPS) is 22.4. The highest BCUT2D eigenvalue weighted by atomic mass is 31.2. The molecule has 0 saturated heterocycles. The lowest BCUT2D eigenvalue weighted by atomic mass is 9.85. The van der Waals surface area contributed by atoms with E-state index in [1.54, 1.807) is 0 Å². The summed E-state index contributed by atoms with van der Waals surface area (Å²) in [6, 6.07) is 0. The van der Waals surface area contributed by atoms with Gasteiger partial charge in [-0.15, -0.1) is 0 Å². The van der Waals surface area contributed by atoms with E-state index in [1.165, 1.54) is 19.3 Å². The number of ether oxygens (including phenoxy) is 2. The van der Waals surface area contributed by atoms with Crippen molar-refractivity contribution in [1.82, 2.24) is 0 Å². The molecule has 0 heterocycles. The highest BCUT2D eigenvalue weighted by Gasteiger charge is 2.51. The van der Waals surface area contributed by atoms with E-state index >= 15 is 0 Å². The van der Waals surface area contributed by atoms with Crippen LogP contribution in [0.5, 0.6) is 0 Å².